The number of aliphatic carboxylic acids is 1. The molecule has 2 N–H and O–H groups in total. The van der Waals surface area contributed by atoms with Crippen molar-refractivity contribution in [2.75, 3.05) is 6.54 Å². The molecule has 194 valence electrons. The first-order chi connectivity index (χ1) is 17.1. The number of carbonyl (C=O) groups excluding carboxylic acids is 2. The fourth-order valence-corrected chi connectivity index (χ4v) is 5.23. The summed E-state index contributed by atoms with van der Waals surface area (Å²) in [5, 5.41) is 15.2. The number of likely N-dealkylation sites (tertiary alicyclic amines) is 1. The van der Waals surface area contributed by atoms with Crippen LogP contribution in [0.25, 0.3) is 10.7 Å². The molecule has 1 saturated heterocycles. The summed E-state index contributed by atoms with van der Waals surface area (Å²) in [6, 6.07) is 1.41. The van der Waals surface area contributed by atoms with Crippen molar-refractivity contribution < 1.29 is 29.0 Å². The number of hydrogen-bond acceptors (Lipinski definition) is 8. The van der Waals surface area contributed by atoms with E-state index < -0.39 is 41.6 Å². The Morgan fingerprint density at radius 1 is 1.17 bits per heavy atom. The summed E-state index contributed by atoms with van der Waals surface area (Å²) in [6.45, 7) is 5.55. The minimum absolute atomic E-state index is 0.0800. The summed E-state index contributed by atoms with van der Waals surface area (Å²) in [7, 11) is 0. The van der Waals surface area contributed by atoms with Gasteiger partial charge in [-0.3, -0.25) is 9.78 Å². The normalized spacial score (nSPS) is 21.2. The van der Waals surface area contributed by atoms with Crippen molar-refractivity contribution in [1.29, 1.82) is 0 Å². The molecule has 3 heterocycles. The van der Waals surface area contributed by atoms with Gasteiger partial charge in [-0.1, -0.05) is 20.8 Å². The lowest BCUT2D eigenvalue weighted by Gasteiger charge is -2.34. The minimum Gasteiger partial charge on any atom is -0.488 e. The summed E-state index contributed by atoms with van der Waals surface area (Å²) >= 11 is 1.45. The topological polar surface area (TPSA) is 131 Å². The monoisotopic (exact) mass is 516 g/mol. The van der Waals surface area contributed by atoms with Gasteiger partial charge in [0.05, 0.1) is 6.54 Å². The van der Waals surface area contributed by atoms with E-state index in [-0.39, 0.29) is 19.1 Å². The van der Waals surface area contributed by atoms with E-state index in [0.29, 0.717) is 11.4 Å². The molecule has 2 amide bonds. The summed E-state index contributed by atoms with van der Waals surface area (Å²) in [5.41, 5.74) is -0.0115. The van der Waals surface area contributed by atoms with Crippen LogP contribution in [0.1, 0.15) is 52.9 Å². The summed E-state index contributed by atoms with van der Waals surface area (Å²) in [6.07, 6.45) is 5.74. The molecule has 2 aromatic heterocycles. The maximum absolute atomic E-state index is 13.6. The average Bonchev–Trinajstić information content (AvgIpc) is 3.58. The molecule has 0 bridgehead atoms. The lowest BCUT2D eigenvalue weighted by Crippen LogP contribution is -2.57. The number of carboxylic acid groups (broad SMARTS) is 1. The highest BCUT2D eigenvalue weighted by molar-refractivity contribution is 7.13. The van der Waals surface area contributed by atoms with Gasteiger partial charge in [-0.2, -0.15) is 0 Å². The first-order valence-electron chi connectivity index (χ1n) is 12.1. The fraction of sp³-hybridized carbons (Fsp3) is 0.560. The summed E-state index contributed by atoms with van der Waals surface area (Å²) < 4.78 is 11.6. The van der Waals surface area contributed by atoms with Crippen molar-refractivity contribution in [3.63, 3.8) is 0 Å². The zero-order valence-corrected chi connectivity index (χ0v) is 21.5. The number of rotatable bonds is 7. The van der Waals surface area contributed by atoms with Crippen LogP contribution in [-0.4, -0.2) is 68.8 Å². The van der Waals surface area contributed by atoms with Crippen LogP contribution in [0.15, 0.2) is 29.9 Å². The van der Waals surface area contributed by atoms with E-state index in [0.717, 1.165) is 30.7 Å². The van der Waals surface area contributed by atoms with E-state index in [1.54, 1.807) is 24.5 Å². The Morgan fingerprint density at radius 3 is 2.56 bits per heavy atom. The van der Waals surface area contributed by atoms with Crippen LogP contribution in [0.2, 0.25) is 0 Å². The second-order valence-corrected chi connectivity index (χ2v) is 11.2. The van der Waals surface area contributed by atoms with Gasteiger partial charge >= 0.3 is 12.1 Å². The molecular weight excluding hydrogens is 484 g/mol. The van der Waals surface area contributed by atoms with Gasteiger partial charge in [0.15, 0.2) is 0 Å². The number of aromatic nitrogens is 2. The molecule has 0 spiro atoms. The number of carboxylic acids is 1. The quantitative estimate of drug-likeness (QED) is 0.569. The molecule has 36 heavy (non-hydrogen) atoms. The van der Waals surface area contributed by atoms with E-state index in [9.17, 15) is 19.5 Å². The fourth-order valence-electron chi connectivity index (χ4n) is 4.63. The van der Waals surface area contributed by atoms with Gasteiger partial charge in [0, 0.05) is 30.3 Å². The van der Waals surface area contributed by atoms with Crippen molar-refractivity contribution in [2.24, 2.45) is 5.41 Å². The Morgan fingerprint density at radius 2 is 1.92 bits per heavy atom. The highest BCUT2D eigenvalue weighted by Crippen LogP contribution is 2.30. The third-order valence-electron chi connectivity index (χ3n) is 6.47. The third kappa shape index (κ3) is 6.13. The predicted molar refractivity (Wildman–Crippen MR) is 133 cm³/mol. The molecule has 1 aliphatic heterocycles. The number of hydrogen-bond donors (Lipinski definition) is 2. The molecular formula is C25H32N4O6S. The molecule has 0 unspecified atom stereocenters. The predicted octanol–water partition coefficient (Wildman–Crippen LogP) is 3.72. The zero-order valence-electron chi connectivity index (χ0n) is 20.7. The van der Waals surface area contributed by atoms with E-state index >= 15 is 0 Å². The molecule has 10 nitrogen and oxygen atoms in total. The SMILES string of the molecule is CC(C)(C)[C@H](NC(=O)OC1CCCC1)C(=O)N1C[C@H](Oc2ccnc(-c3nccs3)c2)C[C@H]1C(=O)O. The first-order valence-corrected chi connectivity index (χ1v) is 13.0. The van der Waals surface area contributed by atoms with Crippen molar-refractivity contribution in [2.45, 2.75) is 77.2 Å². The number of pyridine rings is 1. The van der Waals surface area contributed by atoms with Gasteiger partial charge in [-0.25, -0.2) is 14.6 Å². The Kier molecular flexibility index (Phi) is 7.77. The first kappa shape index (κ1) is 25.9. The van der Waals surface area contributed by atoms with E-state index in [1.165, 1.54) is 16.2 Å². The number of alkyl carbamates (subject to hydrolysis) is 1. The van der Waals surface area contributed by atoms with Crippen molar-refractivity contribution in [1.82, 2.24) is 20.2 Å². The summed E-state index contributed by atoms with van der Waals surface area (Å²) in [5.74, 6) is -1.07. The summed E-state index contributed by atoms with van der Waals surface area (Å²) in [4.78, 5) is 48.1. The molecule has 3 atom stereocenters. The van der Waals surface area contributed by atoms with Crippen LogP contribution in [0.5, 0.6) is 5.75 Å². The molecule has 4 rings (SSSR count). The van der Waals surface area contributed by atoms with Crippen LogP contribution >= 0.6 is 11.3 Å². The molecule has 1 saturated carbocycles. The Labute approximate surface area is 214 Å². The van der Waals surface area contributed by atoms with Gasteiger partial charge in [0.1, 0.15) is 40.7 Å². The molecule has 11 heteroatoms. The maximum atomic E-state index is 13.6. The number of nitrogens with one attached hydrogen (secondary N) is 1. The Hall–Kier alpha value is -3.21. The average molecular weight is 517 g/mol. The number of carbonyl (C=O) groups is 3. The molecule has 1 aliphatic carbocycles. The molecule has 2 aromatic rings. The lowest BCUT2D eigenvalue weighted by atomic mass is 9.85. The zero-order chi connectivity index (χ0) is 25.9. The van der Waals surface area contributed by atoms with E-state index in [1.807, 2.05) is 26.2 Å². The van der Waals surface area contributed by atoms with Crippen molar-refractivity contribution >= 4 is 29.3 Å². The van der Waals surface area contributed by atoms with Crippen LogP contribution < -0.4 is 10.1 Å². The van der Waals surface area contributed by atoms with Gasteiger partial charge in [0.25, 0.3) is 0 Å². The molecule has 0 radical (unpaired) electrons. The van der Waals surface area contributed by atoms with E-state index in [4.69, 9.17) is 9.47 Å². The standard InChI is InChI=1S/C25H32N4O6S/c1-25(2,3)20(28-24(33)35-15-6-4-5-7-15)22(30)29-14-17(13-19(29)23(31)32)34-16-8-9-26-18(12-16)21-27-10-11-36-21/h8-12,15,17,19-20H,4-7,13-14H2,1-3H3,(H,28,33)(H,31,32)/t17-,19+,20-/m1/s1. The second-order valence-electron chi connectivity index (χ2n) is 10.3. The second kappa shape index (κ2) is 10.8. The number of nitrogens with zero attached hydrogens (tertiary/aromatic N) is 3. The van der Waals surface area contributed by atoms with Crippen LogP contribution in [0, 0.1) is 5.41 Å². The van der Waals surface area contributed by atoms with E-state index in [2.05, 4.69) is 15.3 Å². The third-order valence-corrected chi connectivity index (χ3v) is 7.26. The molecule has 0 aromatic carbocycles. The Balaban J connectivity index is 1.47. The highest BCUT2D eigenvalue weighted by Gasteiger charge is 2.46. The molecule has 2 aliphatic rings. The van der Waals surface area contributed by atoms with Crippen LogP contribution in [0.4, 0.5) is 4.79 Å². The Bertz CT molecular complexity index is 1080. The largest absolute Gasteiger partial charge is 0.488 e. The highest BCUT2D eigenvalue weighted by atomic mass is 32.1. The van der Waals surface area contributed by atoms with Gasteiger partial charge < -0.3 is 24.8 Å². The minimum atomic E-state index is -1.12. The van der Waals surface area contributed by atoms with Gasteiger partial charge in [-0.05, 0) is 37.2 Å². The van der Waals surface area contributed by atoms with Crippen LogP contribution in [-0.2, 0) is 14.3 Å². The van der Waals surface area contributed by atoms with Crippen molar-refractivity contribution in [3.05, 3.63) is 29.9 Å². The van der Waals surface area contributed by atoms with Crippen LogP contribution in [0.3, 0.4) is 0 Å². The van der Waals surface area contributed by atoms with Crippen molar-refractivity contribution in [3.8, 4) is 16.5 Å². The van der Waals surface area contributed by atoms with Gasteiger partial charge in [-0.15, -0.1) is 11.3 Å². The smallest absolute Gasteiger partial charge is 0.408 e. The lowest BCUT2D eigenvalue weighted by molar-refractivity contribution is -0.150. The molecule has 2 fully saturated rings. The number of amides is 2. The van der Waals surface area contributed by atoms with Gasteiger partial charge in [0.2, 0.25) is 5.91 Å². The maximum Gasteiger partial charge on any atom is 0.408 e. The number of thiazole rings is 1. The number of ether oxygens (including phenoxy) is 2.